The predicted molar refractivity (Wildman–Crippen MR) is 124 cm³/mol. The van der Waals surface area contributed by atoms with E-state index >= 15 is 0 Å². The molecule has 8 nitrogen and oxygen atoms in total. The topological polar surface area (TPSA) is 117 Å². The molecule has 31 heavy (non-hydrogen) atoms. The average molecular weight is 455 g/mol. The second-order valence-corrected chi connectivity index (χ2v) is 11.4. The molecule has 0 spiro atoms. The Balaban J connectivity index is 1.56. The van der Waals surface area contributed by atoms with Gasteiger partial charge in [0.1, 0.15) is 0 Å². The molecule has 2 aliphatic heterocycles. The molecule has 10 heteroatoms. The zero-order valence-electron chi connectivity index (χ0n) is 16.9. The molecule has 0 radical (unpaired) electrons. The third kappa shape index (κ3) is 2.93. The van der Waals surface area contributed by atoms with Gasteiger partial charge in [-0.2, -0.15) is 9.40 Å². The Bertz CT molecular complexity index is 1430. The van der Waals surface area contributed by atoms with Gasteiger partial charge in [0.25, 0.3) is 0 Å². The minimum absolute atomic E-state index is 0.0147. The van der Waals surface area contributed by atoms with Crippen molar-refractivity contribution in [1.82, 2.24) is 19.5 Å². The van der Waals surface area contributed by atoms with Crippen molar-refractivity contribution in [3.8, 4) is 0 Å². The van der Waals surface area contributed by atoms with E-state index in [0.29, 0.717) is 11.7 Å². The number of thiazole rings is 1. The molecule has 4 N–H and O–H groups in total. The first-order chi connectivity index (χ1) is 14.9. The molecule has 1 fully saturated rings. The van der Waals surface area contributed by atoms with Crippen LogP contribution in [0.15, 0.2) is 36.5 Å². The van der Waals surface area contributed by atoms with Gasteiger partial charge in [0, 0.05) is 29.1 Å². The first-order valence-electron chi connectivity index (χ1n) is 10.3. The molecule has 4 heterocycles. The summed E-state index contributed by atoms with van der Waals surface area (Å²) in [6.45, 7) is 0.533. The number of nitrogens with zero attached hydrogens (tertiary/aromatic N) is 3. The minimum atomic E-state index is -3.38. The molecule has 0 saturated carbocycles. The van der Waals surface area contributed by atoms with Crippen LogP contribution in [0.4, 0.5) is 10.8 Å². The second kappa shape index (κ2) is 6.65. The fourth-order valence-corrected chi connectivity index (χ4v) is 7.23. The van der Waals surface area contributed by atoms with Crippen LogP contribution in [0.2, 0.25) is 0 Å². The van der Waals surface area contributed by atoms with Gasteiger partial charge in [-0.1, -0.05) is 17.4 Å². The number of sulfonamides is 1. The number of anilines is 2. The quantitative estimate of drug-likeness (QED) is 0.426. The summed E-state index contributed by atoms with van der Waals surface area (Å²) in [7, 11) is -3.38. The maximum atomic E-state index is 12.8. The van der Waals surface area contributed by atoms with E-state index in [4.69, 9.17) is 5.73 Å². The van der Waals surface area contributed by atoms with Gasteiger partial charge in [0.15, 0.2) is 5.13 Å². The number of benzene rings is 2. The Morgan fingerprint density at radius 2 is 2.13 bits per heavy atom. The molecule has 2 aliphatic rings. The Labute approximate surface area is 183 Å². The molecule has 1 unspecified atom stereocenters. The van der Waals surface area contributed by atoms with Gasteiger partial charge in [-0.3, -0.25) is 5.10 Å². The van der Waals surface area contributed by atoms with Crippen LogP contribution in [0.5, 0.6) is 0 Å². The van der Waals surface area contributed by atoms with Crippen molar-refractivity contribution in [2.24, 2.45) is 5.92 Å². The lowest BCUT2D eigenvalue weighted by Crippen LogP contribution is -2.47. The van der Waals surface area contributed by atoms with Crippen LogP contribution < -0.4 is 11.1 Å². The first-order valence-corrected chi connectivity index (χ1v) is 12.9. The van der Waals surface area contributed by atoms with Crippen molar-refractivity contribution in [3.63, 3.8) is 0 Å². The largest absolute Gasteiger partial charge is 0.378 e. The normalized spacial score (nSPS) is 24.1. The predicted octanol–water partition coefficient (Wildman–Crippen LogP) is 3.63. The monoisotopic (exact) mass is 454 g/mol. The zero-order valence-corrected chi connectivity index (χ0v) is 18.5. The highest BCUT2D eigenvalue weighted by molar-refractivity contribution is 7.88. The van der Waals surface area contributed by atoms with E-state index in [1.807, 2.05) is 18.2 Å². The van der Waals surface area contributed by atoms with Crippen LogP contribution >= 0.6 is 11.3 Å². The van der Waals surface area contributed by atoms with E-state index in [0.717, 1.165) is 50.8 Å². The van der Waals surface area contributed by atoms with Gasteiger partial charge in [0.2, 0.25) is 10.0 Å². The highest BCUT2D eigenvalue weighted by Gasteiger charge is 2.46. The maximum Gasteiger partial charge on any atom is 0.211 e. The third-order valence-corrected chi connectivity index (χ3v) is 8.66. The second-order valence-electron chi connectivity index (χ2n) is 8.38. The van der Waals surface area contributed by atoms with E-state index in [-0.39, 0.29) is 18.0 Å². The SMILES string of the molecule is CS(=O)(=O)N1CCC[C@H]2C(c3ccc4nc(N)sc4c3)Nc3ccc4[nH]ncc4c3[C@H]21. The minimum Gasteiger partial charge on any atom is -0.378 e. The van der Waals surface area contributed by atoms with Crippen molar-refractivity contribution < 1.29 is 8.42 Å². The van der Waals surface area contributed by atoms with Gasteiger partial charge in [-0.05, 0) is 42.7 Å². The molecule has 0 aliphatic carbocycles. The number of aromatic nitrogens is 3. The lowest BCUT2D eigenvalue weighted by Gasteiger charge is -2.48. The number of rotatable bonds is 2. The number of fused-ring (bicyclic) bond motifs is 6. The van der Waals surface area contributed by atoms with E-state index < -0.39 is 10.0 Å². The fourth-order valence-electron chi connectivity index (χ4n) is 5.31. The summed E-state index contributed by atoms with van der Waals surface area (Å²) in [5, 5.41) is 12.5. The number of hydrogen-bond donors (Lipinski definition) is 3. The van der Waals surface area contributed by atoms with Gasteiger partial charge in [-0.25, -0.2) is 13.4 Å². The van der Waals surface area contributed by atoms with Gasteiger partial charge in [0.05, 0.1) is 40.3 Å². The number of H-pyrrole nitrogens is 1. The van der Waals surface area contributed by atoms with Crippen LogP contribution in [0.3, 0.4) is 0 Å². The molecule has 2 aromatic heterocycles. The van der Waals surface area contributed by atoms with Gasteiger partial charge >= 0.3 is 0 Å². The van der Waals surface area contributed by atoms with Crippen molar-refractivity contribution in [1.29, 1.82) is 0 Å². The Morgan fingerprint density at radius 3 is 2.97 bits per heavy atom. The van der Waals surface area contributed by atoms with Crippen LogP contribution in [-0.4, -0.2) is 40.7 Å². The molecule has 2 aromatic carbocycles. The Kier molecular flexibility index (Phi) is 4.08. The van der Waals surface area contributed by atoms with E-state index in [1.54, 1.807) is 10.5 Å². The fraction of sp³-hybridized carbons (Fsp3) is 0.333. The van der Waals surface area contributed by atoms with E-state index in [2.05, 4.69) is 32.6 Å². The highest BCUT2D eigenvalue weighted by Crippen LogP contribution is 2.53. The summed E-state index contributed by atoms with van der Waals surface area (Å²) in [5.74, 6) is 0.0965. The van der Waals surface area contributed by atoms with Crippen LogP contribution in [0, 0.1) is 5.92 Å². The maximum absolute atomic E-state index is 12.8. The first kappa shape index (κ1) is 19.0. The van der Waals surface area contributed by atoms with Crippen molar-refractivity contribution in [3.05, 3.63) is 47.7 Å². The zero-order chi connectivity index (χ0) is 21.3. The van der Waals surface area contributed by atoms with Crippen molar-refractivity contribution in [2.75, 3.05) is 23.9 Å². The van der Waals surface area contributed by atoms with Crippen LogP contribution in [-0.2, 0) is 10.0 Å². The van der Waals surface area contributed by atoms with Crippen LogP contribution in [0.25, 0.3) is 21.1 Å². The summed E-state index contributed by atoms with van der Waals surface area (Å²) in [6, 6.07) is 9.98. The lowest BCUT2D eigenvalue weighted by molar-refractivity contribution is 0.154. The summed E-state index contributed by atoms with van der Waals surface area (Å²) in [5.41, 5.74) is 10.8. The number of nitrogens with one attached hydrogen (secondary N) is 2. The number of nitrogen functional groups attached to an aromatic ring is 1. The number of nitrogens with two attached hydrogens (primary N) is 1. The number of hydrogen-bond acceptors (Lipinski definition) is 7. The summed E-state index contributed by atoms with van der Waals surface area (Å²) in [4.78, 5) is 4.37. The summed E-state index contributed by atoms with van der Waals surface area (Å²) in [6.07, 6.45) is 4.88. The molecular weight excluding hydrogens is 432 g/mol. The van der Waals surface area contributed by atoms with E-state index in [9.17, 15) is 8.42 Å². The molecule has 0 bridgehead atoms. The molecular formula is C21H22N6O2S2. The molecule has 160 valence electrons. The van der Waals surface area contributed by atoms with Gasteiger partial charge < -0.3 is 11.1 Å². The van der Waals surface area contributed by atoms with Gasteiger partial charge in [-0.15, -0.1) is 0 Å². The highest BCUT2D eigenvalue weighted by atomic mass is 32.2. The number of piperidine rings is 1. The Morgan fingerprint density at radius 1 is 1.26 bits per heavy atom. The smallest absolute Gasteiger partial charge is 0.211 e. The lowest BCUT2D eigenvalue weighted by atomic mass is 9.74. The average Bonchev–Trinajstić information content (AvgIpc) is 3.36. The molecule has 6 rings (SSSR count). The molecule has 4 aromatic rings. The standard InChI is InChI=1S/C21H22N6O2S2/c1-31(28,29)27-8-2-3-12-19(11-4-5-15-17(9-11)30-21(22)25-15)24-16-7-6-14-13(10-23-26-14)18(16)20(12)27/h4-7,9-10,12,19-20,24H,2-3,8H2,1H3,(H2,22,25)(H,23,26)/t12-,19?,20-/m0/s1. The van der Waals surface area contributed by atoms with Crippen LogP contribution in [0.1, 0.15) is 36.1 Å². The Hall–Kier alpha value is -2.69. The molecule has 0 amide bonds. The summed E-state index contributed by atoms with van der Waals surface area (Å²) >= 11 is 1.47. The summed E-state index contributed by atoms with van der Waals surface area (Å²) < 4.78 is 28.3. The van der Waals surface area contributed by atoms with E-state index in [1.165, 1.54) is 17.6 Å². The molecule has 3 atom stereocenters. The van der Waals surface area contributed by atoms with Crippen molar-refractivity contribution >= 4 is 53.3 Å². The molecule has 1 saturated heterocycles. The number of aromatic amines is 1. The third-order valence-electron chi connectivity index (χ3n) is 6.55. The van der Waals surface area contributed by atoms with Crippen molar-refractivity contribution in [2.45, 2.75) is 24.9 Å².